The van der Waals surface area contributed by atoms with Crippen LogP contribution >= 0.6 is 15.9 Å². The maximum Gasteiger partial charge on any atom is 0.138 e. The van der Waals surface area contributed by atoms with Crippen molar-refractivity contribution < 1.29 is 4.79 Å². The fourth-order valence-corrected chi connectivity index (χ4v) is 1.28. The van der Waals surface area contributed by atoms with Crippen LogP contribution in [0, 0.1) is 0 Å². The Hall–Kier alpha value is -0.110. The van der Waals surface area contributed by atoms with Crippen LogP contribution < -0.4 is 0 Å². The Balaban J connectivity index is 2.57. The second-order valence-corrected chi connectivity index (χ2v) is 2.92. The predicted molar refractivity (Wildman–Crippen MR) is 35.9 cm³/mol. The molecule has 0 amide bonds. The highest BCUT2D eigenvalue weighted by molar-refractivity contribution is 9.11. The molecule has 1 aliphatic carbocycles. The van der Waals surface area contributed by atoms with Crippen LogP contribution in [0.5, 0.6) is 0 Å². The average Bonchev–Trinajstić information content (AvgIpc) is 1.64. The van der Waals surface area contributed by atoms with E-state index in [1.807, 2.05) is 0 Å². The van der Waals surface area contributed by atoms with E-state index in [4.69, 9.17) is 0 Å². The lowest BCUT2D eigenvalue weighted by molar-refractivity contribution is -0.118. The molecular formula is C6H7BrO. The molecule has 0 aliphatic heterocycles. The Morgan fingerprint density at radius 1 is 1.62 bits per heavy atom. The average molecular weight is 175 g/mol. The van der Waals surface area contributed by atoms with E-state index in [0.717, 1.165) is 17.3 Å². The van der Waals surface area contributed by atoms with Gasteiger partial charge in [0.25, 0.3) is 0 Å². The van der Waals surface area contributed by atoms with Gasteiger partial charge in [-0.25, -0.2) is 0 Å². The molecule has 0 aromatic carbocycles. The highest BCUT2D eigenvalue weighted by Gasteiger charge is 2.07. The van der Waals surface area contributed by atoms with E-state index in [0.29, 0.717) is 12.2 Å². The zero-order chi connectivity index (χ0) is 5.98. The van der Waals surface area contributed by atoms with Crippen LogP contribution in [-0.2, 0) is 4.79 Å². The van der Waals surface area contributed by atoms with Crippen molar-refractivity contribution >= 4 is 21.7 Å². The first-order valence-corrected chi connectivity index (χ1v) is 3.44. The summed E-state index contributed by atoms with van der Waals surface area (Å²) in [5.74, 6) is 0.347. The minimum absolute atomic E-state index is 0.347. The molecule has 2 heteroatoms. The monoisotopic (exact) mass is 174 g/mol. The van der Waals surface area contributed by atoms with Crippen molar-refractivity contribution in [3.05, 3.63) is 10.6 Å². The quantitative estimate of drug-likeness (QED) is 0.550. The van der Waals surface area contributed by atoms with Crippen molar-refractivity contribution in [2.45, 2.75) is 19.3 Å². The Kier molecular flexibility index (Phi) is 1.84. The molecule has 0 radical (unpaired) electrons. The Morgan fingerprint density at radius 2 is 2.38 bits per heavy atom. The van der Waals surface area contributed by atoms with Crippen LogP contribution in [0.1, 0.15) is 19.3 Å². The van der Waals surface area contributed by atoms with E-state index in [1.54, 1.807) is 0 Å². The smallest absolute Gasteiger partial charge is 0.138 e. The Bertz CT molecular complexity index is 137. The highest BCUT2D eigenvalue weighted by atomic mass is 79.9. The van der Waals surface area contributed by atoms with Crippen LogP contribution in [-0.4, -0.2) is 5.78 Å². The van der Waals surface area contributed by atoms with Crippen LogP contribution in [0.15, 0.2) is 10.6 Å². The number of hydrogen-bond donors (Lipinski definition) is 0. The third kappa shape index (κ3) is 1.44. The molecule has 0 saturated carbocycles. The van der Waals surface area contributed by atoms with E-state index in [-0.39, 0.29) is 0 Å². The molecular weight excluding hydrogens is 168 g/mol. The van der Waals surface area contributed by atoms with Gasteiger partial charge in [-0.15, -0.1) is 0 Å². The van der Waals surface area contributed by atoms with Gasteiger partial charge in [-0.2, -0.15) is 0 Å². The number of carbonyl (C=O) groups is 1. The first kappa shape index (κ1) is 6.02. The first-order chi connectivity index (χ1) is 3.79. The number of halogens is 1. The Labute approximate surface area is 56.9 Å². The molecule has 0 atom stereocenters. The molecule has 0 spiro atoms. The van der Waals surface area contributed by atoms with E-state index < -0.39 is 0 Å². The van der Waals surface area contributed by atoms with E-state index >= 15 is 0 Å². The van der Waals surface area contributed by atoms with Gasteiger partial charge in [0.2, 0.25) is 0 Å². The van der Waals surface area contributed by atoms with Crippen molar-refractivity contribution in [1.82, 2.24) is 0 Å². The maximum atomic E-state index is 10.6. The zero-order valence-electron chi connectivity index (χ0n) is 4.48. The SMILES string of the molecule is O=C1CCC=C(Br)C1. The predicted octanol–water partition coefficient (Wildman–Crippen LogP) is 2.02. The molecule has 0 bridgehead atoms. The van der Waals surface area contributed by atoms with Crippen molar-refractivity contribution in [2.24, 2.45) is 0 Å². The van der Waals surface area contributed by atoms with Crippen LogP contribution in [0.3, 0.4) is 0 Å². The van der Waals surface area contributed by atoms with E-state index in [9.17, 15) is 4.79 Å². The van der Waals surface area contributed by atoms with Crippen LogP contribution in [0.25, 0.3) is 0 Å². The fourth-order valence-electron chi connectivity index (χ4n) is 0.739. The fraction of sp³-hybridized carbons (Fsp3) is 0.500. The van der Waals surface area contributed by atoms with E-state index in [2.05, 4.69) is 22.0 Å². The van der Waals surface area contributed by atoms with Crippen molar-refractivity contribution in [3.8, 4) is 0 Å². The van der Waals surface area contributed by atoms with Crippen molar-refractivity contribution in [3.63, 3.8) is 0 Å². The summed E-state index contributed by atoms with van der Waals surface area (Å²) in [6, 6.07) is 0. The third-order valence-electron chi connectivity index (χ3n) is 1.16. The summed E-state index contributed by atoms with van der Waals surface area (Å²) in [6.07, 6.45) is 4.32. The van der Waals surface area contributed by atoms with Gasteiger partial charge in [0, 0.05) is 12.8 Å². The molecule has 0 fully saturated rings. The first-order valence-electron chi connectivity index (χ1n) is 2.65. The molecule has 0 saturated heterocycles. The standard InChI is InChI=1S/C6H7BrO/c7-5-2-1-3-6(8)4-5/h2H,1,3-4H2. The lowest BCUT2D eigenvalue weighted by Gasteiger charge is -2.03. The van der Waals surface area contributed by atoms with Gasteiger partial charge in [0.1, 0.15) is 5.78 Å². The molecule has 0 N–H and O–H groups in total. The summed E-state index contributed by atoms with van der Waals surface area (Å²) in [6.45, 7) is 0. The lowest BCUT2D eigenvalue weighted by atomic mass is 10.1. The normalized spacial score (nSPS) is 20.6. The largest absolute Gasteiger partial charge is 0.299 e. The molecule has 1 rings (SSSR count). The minimum Gasteiger partial charge on any atom is -0.299 e. The molecule has 1 aliphatic rings. The van der Waals surface area contributed by atoms with Gasteiger partial charge < -0.3 is 0 Å². The minimum atomic E-state index is 0.347. The molecule has 8 heavy (non-hydrogen) atoms. The second-order valence-electron chi connectivity index (χ2n) is 1.91. The summed E-state index contributed by atoms with van der Waals surface area (Å²) < 4.78 is 1.05. The third-order valence-corrected chi connectivity index (χ3v) is 1.76. The summed E-state index contributed by atoms with van der Waals surface area (Å²) in [4.78, 5) is 10.6. The number of allylic oxidation sites excluding steroid dienone is 2. The maximum absolute atomic E-state index is 10.6. The van der Waals surface area contributed by atoms with E-state index in [1.165, 1.54) is 0 Å². The molecule has 0 heterocycles. The molecule has 0 aromatic rings. The summed E-state index contributed by atoms with van der Waals surface area (Å²) in [5, 5.41) is 0. The zero-order valence-corrected chi connectivity index (χ0v) is 6.07. The van der Waals surface area contributed by atoms with Gasteiger partial charge in [0.05, 0.1) is 0 Å². The second kappa shape index (κ2) is 2.44. The van der Waals surface area contributed by atoms with Gasteiger partial charge >= 0.3 is 0 Å². The number of carbonyl (C=O) groups excluding carboxylic acids is 1. The molecule has 0 aromatic heterocycles. The number of rotatable bonds is 0. The van der Waals surface area contributed by atoms with Crippen molar-refractivity contribution in [1.29, 1.82) is 0 Å². The lowest BCUT2D eigenvalue weighted by Crippen LogP contribution is -2.00. The van der Waals surface area contributed by atoms with Gasteiger partial charge in [-0.1, -0.05) is 22.0 Å². The molecule has 1 nitrogen and oxygen atoms in total. The number of Topliss-reactive ketones (excluding diaryl/α,β-unsaturated/α-hetero) is 1. The molecule has 0 unspecified atom stereocenters. The van der Waals surface area contributed by atoms with Crippen LogP contribution in [0.2, 0.25) is 0 Å². The topological polar surface area (TPSA) is 17.1 Å². The summed E-state index contributed by atoms with van der Waals surface area (Å²) in [5.41, 5.74) is 0. The number of ketones is 1. The van der Waals surface area contributed by atoms with Gasteiger partial charge in [-0.3, -0.25) is 4.79 Å². The summed E-state index contributed by atoms with van der Waals surface area (Å²) in [7, 11) is 0. The van der Waals surface area contributed by atoms with Gasteiger partial charge in [-0.05, 0) is 10.9 Å². The van der Waals surface area contributed by atoms with Gasteiger partial charge in [0.15, 0.2) is 0 Å². The molecule has 44 valence electrons. The van der Waals surface area contributed by atoms with Crippen molar-refractivity contribution in [2.75, 3.05) is 0 Å². The van der Waals surface area contributed by atoms with Crippen LogP contribution in [0.4, 0.5) is 0 Å². The highest BCUT2D eigenvalue weighted by Crippen LogP contribution is 2.18. The number of hydrogen-bond acceptors (Lipinski definition) is 1. The summed E-state index contributed by atoms with van der Waals surface area (Å²) >= 11 is 3.27. The Morgan fingerprint density at radius 3 is 2.75 bits per heavy atom.